The first-order valence-electron chi connectivity index (χ1n) is 3.44. The van der Waals surface area contributed by atoms with Crippen molar-refractivity contribution in [3.8, 4) is 0 Å². The van der Waals surface area contributed by atoms with Crippen LogP contribution in [0.4, 0.5) is 0 Å². The second-order valence-electron chi connectivity index (χ2n) is 2.37. The van der Waals surface area contributed by atoms with Crippen molar-refractivity contribution in [2.24, 2.45) is 0 Å². The Morgan fingerprint density at radius 2 is 2.33 bits per heavy atom. The molecule has 0 atom stereocenters. The van der Waals surface area contributed by atoms with Crippen molar-refractivity contribution in [1.82, 2.24) is 4.98 Å². The minimum absolute atomic E-state index is 0.479. The summed E-state index contributed by atoms with van der Waals surface area (Å²) in [6, 6.07) is 5.94. The van der Waals surface area contributed by atoms with Crippen LogP contribution in [0.5, 0.6) is 0 Å². The molecule has 0 spiro atoms. The van der Waals surface area contributed by atoms with Crippen LogP contribution in [0.15, 0.2) is 23.1 Å². The molecule has 4 heteroatoms. The van der Waals surface area contributed by atoms with Crippen molar-refractivity contribution in [2.75, 3.05) is 0 Å². The molecule has 62 valence electrons. The maximum atomic E-state index is 5.67. The second-order valence-corrected chi connectivity index (χ2v) is 4.23. The molecule has 1 heterocycles. The molecule has 1 aromatic heterocycles. The van der Waals surface area contributed by atoms with Crippen LogP contribution in [0.2, 0.25) is 0 Å². The van der Waals surface area contributed by atoms with Crippen molar-refractivity contribution >= 4 is 45.8 Å². The smallest absolute Gasteiger partial charge is 0.109 e. The maximum absolute atomic E-state index is 5.67. The van der Waals surface area contributed by atoms with Gasteiger partial charge in [-0.05, 0) is 12.1 Å². The Morgan fingerprint density at radius 1 is 1.50 bits per heavy atom. The summed E-state index contributed by atoms with van der Waals surface area (Å²) in [5.74, 6) is 0.479. The summed E-state index contributed by atoms with van der Waals surface area (Å²) < 4.78 is 1.15. The van der Waals surface area contributed by atoms with Crippen LogP contribution in [-0.4, -0.2) is 4.98 Å². The van der Waals surface area contributed by atoms with Crippen LogP contribution in [-0.2, 0) is 5.88 Å². The van der Waals surface area contributed by atoms with Gasteiger partial charge in [0.2, 0.25) is 0 Å². The highest BCUT2D eigenvalue weighted by Crippen LogP contribution is 2.27. The van der Waals surface area contributed by atoms with Crippen LogP contribution in [0, 0.1) is 0 Å². The van der Waals surface area contributed by atoms with Gasteiger partial charge in [0.15, 0.2) is 0 Å². The van der Waals surface area contributed by atoms with Crippen molar-refractivity contribution < 1.29 is 0 Å². The summed E-state index contributed by atoms with van der Waals surface area (Å²) in [6.07, 6.45) is 0. The molecule has 0 aliphatic carbocycles. The fraction of sp³-hybridized carbons (Fsp3) is 0.125. The molecule has 0 saturated heterocycles. The lowest BCUT2D eigenvalue weighted by Gasteiger charge is -1.89. The molecule has 2 aromatic rings. The first kappa shape index (κ1) is 8.35. The van der Waals surface area contributed by atoms with E-state index < -0.39 is 0 Å². The molecule has 1 nitrogen and oxygen atoms in total. The summed E-state index contributed by atoms with van der Waals surface area (Å²) in [5, 5.41) is 0.952. The molecule has 0 saturated carbocycles. The summed E-state index contributed by atoms with van der Waals surface area (Å²) in [5.41, 5.74) is 0.960. The standard InChI is InChI=1S/C8H6ClNS2/c9-4-7-10-8-5(11)2-1-3-6(8)12-7/h1-3,11H,4H2. The molecule has 0 unspecified atom stereocenters. The van der Waals surface area contributed by atoms with E-state index in [4.69, 9.17) is 11.6 Å². The number of aromatic nitrogens is 1. The minimum atomic E-state index is 0.479. The molecule has 0 amide bonds. The number of nitrogens with zero attached hydrogens (tertiary/aromatic N) is 1. The molecule has 12 heavy (non-hydrogen) atoms. The zero-order valence-corrected chi connectivity index (χ0v) is 8.59. The number of thiol groups is 1. The predicted octanol–water partition coefficient (Wildman–Crippen LogP) is 3.32. The highest BCUT2D eigenvalue weighted by atomic mass is 35.5. The second kappa shape index (κ2) is 3.24. The summed E-state index contributed by atoms with van der Waals surface area (Å²) in [6.45, 7) is 0. The molecule has 0 radical (unpaired) electrons. The van der Waals surface area contributed by atoms with E-state index >= 15 is 0 Å². The number of alkyl halides is 1. The first-order valence-corrected chi connectivity index (χ1v) is 5.24. The number of thiazole rings is 1. The summed E-state index contributed by atoms with van der Waals surface area (Å²) in [7, 11) is 0. The number of para-hydroxylation sites is 1. The Bertz CT molecular complexity index is 410. The van der Waals surface area contributed by atoms with Crippen molar-refractivity contribution in [1.29, 1.82) is 0 Å². The normalized spacial score (nSPS) is 10.8. The van der Waals surface area contributed by atoms with E-state index in [0.717, 1.165) is 20.1 Å². The predicted molar refractivity (Wildman–Crippen MR) is 56.4 cm³/mol. The van der Waals surface area contributed by atoms with Crippen molar-refractivity contribution in [2.45, 2.75) is 10.8 Å². The molecule has 0 bridgehead atoms. The lowest BCUT2D eigenvalue weighted by atomic mass is 10.3. The third-order valence-corrected chi connectivity index (χ3v) is 3.35. The average Bonchev–Trinajstić information content (AvgIpc) is 2.49. The SMILES string of the molecule is Sc1cccc2sc(CCl)nc12. The zero-order chi connectivity index (χ0) is 8.55. The number of rotatable bonds is 1. The van der Waals surface area contributed by atoms with Crippen LogP contribution in [0.1, 0.15) is 5.01 Å². The van der Waals surface area contributed by atoms with Gasteiger partial charge in [0.05, 0.1) is 16.1 Å². The van der Waals surface area contributed by atoms with Crippen LogP contribution in [0.3, 0.4) is 0 Å². The number of hydrogen-bond acceptors (Lipinski definition) is 3. The minimum Gasteiger partial charge on any atom is -0.239 e. The zero-order valence-electron chi connectivity index (χ0n) is 6.12. The number of halogens is 1. The maximum Gasteiger partial charge on any atom is 0.109 e. The molecule has 0 N–H and O–H groups in total. The van der Waals surface area contributed by atoms with E-state index in [9.17, 15) is 0 Å². The third-order valence-electron chi connectivity index (χ3n) is 1.56. The highest BCUT2D eigenvalue weighted by molar-refractivity contribution is 7.80. The Morgan fingerprint density at radius 3 is 3.00 bits per heavy atom. The van der Waals surface area contributed by atoms with Crippen LogP contribution < -0.4 is 0 Å². The average molecular weight is 216 g/mol. The number of hydrogen-bond donors (Lipinski definition) is 1. The fourth-order valence-corrected chi connectivity index (χ4v) is 2.44. The lowest BCUT2D eigenvalue weighted by Crippen LogP contribution is -1.73. The lowest BCUT2D eigenvalue weighted by molar-refractivity contribution is 1.28. The van der Waals surface area contributed by atoms with Gasteiger partial charge < -0.3 is 0 Å². The van der Waals surface area contributed by atoms with Crippen molar-refractivity contribution in [3.05, 3.63) is 23.2 Å². The first-order chi connectivity index (χ1) is 5.81. The van der Waals surface area contributed by atoms with E-state index in [-0.39, 0.29) is 0 Å². The van der Waals surface area contributed by atoms with Crippen LogP contribution >= 0.6 is 35.6 Å². The number of fused-ring (bicyclic) bond motifs is 1. The molecule has 1 aromatic carbocycles. The molecule has 2 rings (SSSR count). The van der Waals surface area contributed by atoms with Gasteiger partial charge in [-0.3, -0.25) is 0 Å². The Kier molecular flexibility index (Phi) is 2.26. The largest absolute Gasteiger partial charge is 0.239 e. The van der Waals surface area contributed by atoms with Gasteiger partial charge in [-0.1, -0.05) is 6.07 Å². The third kappa shape index (κ3) is 1.32. The van der Waals surface area contributed by atoms with E-state index in [0.29, 0.717) is 5.88 Å². The Hall–Kier alpha value is -0.250. The summed E-state index contributed by atoms with van der Waals surface area (Å²) >= 11 is 11.6. The monoisotopic (exact) mass is 215 g/mol. The quantitative estimate of drug-likeness (QED) is 0.569. The van der Waals surface area contributed by atoms with Crippen molar-refractivity contribution in [3.63, 3.8) is 0 Å². The highest BCUT2D eigenvalue weighted by Gasteiger charge is 2.03. The summed E-state index contributed by atoms with van der Waals surface area (Å²) in [4.78, 5) is 5.26. The van der Waals surface area contributed by atoms with E-state index in [1.54, 1.807) is 11.3 Å². The van der Waals surface area contributed by atoms with Gasteiger partial charge in [0.25, 0.3) is 0 Å². The fourth-order valence-electron chi connectivity index (χ4n) is 1.04. The Balaban J connectivity index is 2.74. The molecule has 0 aliphatic heterocycles. The van der Waals surface area contributed by atoms with E-state index in [2.05, 4.69) is 17.6 Å². The van der Waals surface area contributed by atoms with Gasteiger partial charge in [0.1, 0.15) is 5.01 Å². The van der Waals surface area contributed by atoms with Gasteiger partial charge in [0, 0.05) is 4.90 Å². The Labute approximate surface area is 84.8 Å². The van der Waals surface area contributed by atoms with Gasteiger partial charge in [-0.2, -0.15) is 0 Å². The van der Waals surface area contributed by atoms with Gasteiger partial charge in [-0.25, -0.2) is 4.98 Å². The van der Waals surface area contributed by atoms with E-state index in [1.165, 1.54) is 0 Å². The molecule has 0 aliphatic rings. The van der Waals surface area contributed by atoms with Gasteiger partial charge in [-0.15, -0.1) is 35.6 Å². The molecular formula is C8H6ClNS2. The molecular weight excluding hydrogens is 210 g/mol. The number of benzene rings is 1. The van der Waals surface area contributed by atoms with Gasteiger partial charge >= 0.3 is 0 Å². The van der Waals surface area contributed by atoms with E-state index in [1.807, 2.05) is 18.2 Å². The van der Waals surface area contributed by atoms with Crippen LogP contribution in [0.25, 0.3) is 10.2 Å². The molecule has 0 fully saturated rings. The topological polar surface area (TPSA) is 12.9 Å².